The van der Waals surface area contributed by atoms with Gasteiger partial charge >= 0.3 is 0 Å². The molecule has 0 heterocycles. The normalized spacial score (nSPS) is 16.9. The molecule has 1 saturated carbocycles. The van der Waals surface area contributed by atoms with Crippen LogP contribution in [-0.4, -0.2) is 64.0 Å². The number of halogens is 1. The summed E-state index contributed by atoms with van der Waals surface area (Å²) in [6, 6.07) is 14.9. The molecule has 11 heteroatoms. The lowest BCUT2D eigenvalue weighted by Gasteiger charge is -2.36. The van der Waals surface area contributed by atoms with Crippen molar-refractivity contribution in [3.8, 4) is 0 Å². The number of carbonyl (C=O) groups is 3. The van der Waals surface area contributed by atoms with Crippen molar-refractivity contribution in [2.75, 3.05) is 12.9 Å². The number of carbonyl (C=O) groups excluding carboxylic acids is 3. The summed E-state index contributed by atoms with van der Waals surface area (Å²) < 4.78 is 0. The highest BCUT2D eigenvalue weighted by atomic mass is 35.5. The van der Waals surface area contributed by atoms with Gasteiger partial charge in [0.1, 0.15) is 11.2 Å². The first-order valence-corrected chi connectivity index (χ1v) is 14.8. The van der Waals surface area contributed by atoms with Crippen LogP contribution in [0.4, 0.5) is 0 Å². The first-order valence-electron chi connectivity index (χ1n) is 13.8. The number of nitrogens with one attached hydrogen (secondary N) is 2. The van der Waals surface area contributed by atoms with Crippen molar-refractivity contribution in [1.29, 1.82) is 0 Å². The standard InChI is InChI=1S/C31H40ClN5O4S/c1-19-10-8-9-13-22(19)17-35-29(40)26(31(3)14-15-31)37(18-42)30(41)25(38)23(16-21-11-6-5-7-12-21)36-28(39)24(20(2)33)27(32)34-4/h5-13,23,25-26,38,42H,14-18,33H2,1-4H3,(H,35,40)(H,36,39)/t23?,25-,26+/m0/s1. The van der Waals surface area contributed by atoms with E-state index in [9.17, 15) is 19.5 Å². The monoisotopic (exact) mass is 613 g/mol. The van der Waals surface area contributed by atoms with Crippen LogP contribution in [0.25, 0.3) is 0 Å². The van der Waals surface area contributed by atoms with Crippen LogP contribution in [0.2, 0.25) is 0 Å². The number of benzene rings is 2. The van der Waals surface area contributed by atoms with Gasteiger partial charge < -0.3 is 26.4 Å². The largest absolute Gasteiger partial charge is 0.402 e. The highest BCUT2D eigenvalue weighted by molar-refractivity contribution is 7.80. The van der Waals surface area contributed by atoms with Crippen molar-refractivity contribution in [2.24, 2.45) is 16.1 Å². The van der Waals surface area contributed by atoms with E-state index in [0.29, 0.717) is 6.54 Å². The summed E-state index contributed by atoms with van der Waals surface area (Å²) in [5, 5.41) is 17.1. The molecule has 5 N–H and O–H groups in total. The van der Waals surface area contributed by atoms with E-state index < -0.39 is 35.4 Å². The number of amides is 3. The molecule has 1 unspecified atom stereocenters. The van der Waals surface area contributed by atoms with Gasteiger partial charge in [-0.05, 0) is 55.2 Å². The fourth-order valence-corrected chi connectivity index (χ4v) is 5.45. The molecule has 0 bridgehead atoms. The van der Waals surface area contributed by atoms with Crippen molar-refractivity contribution in [1.82, 2.24) is 15.5 Å². The molecule has 0 saturated heterocycles. The second-order valence-electron chi connectivity index (χ2n) is 10.9. The maximum absolute atomic E-state index is 13.9. The Morgan fingerprint density at radius 1 is 1.14 bits per heavy atom. The van der Waals surface area contributed by atoms with Gasteiger partial charge in [-0.25, -0.2) is 0 Å². The summed E-state index contributed by atoms with van der Waals surface area (Å²) in [4.78, 5) is 46.0. The van der Waals surface area contributed by atoms with Crippen LogP contribution < -0.4 is 16.4 Å². The van der Waals surface area contributed by atoms with E-state index in [0.717, 1.165) is 29.5 Å². The predicted octanol–water partition coefficient (Wildman–Crippen LogP) is 3.08. The average Bonchev–Trinajstić information content (AvgIpc) is 3.71. The number of rotatable bonds is 13. The van der Waals surface area contributed by atoms with Crippen LogP contribution in [0.1, 0.15) is 43.4 Å². The molecule has 42 heavy (non-hydrogen) atoms. The number of thiol groups is 1. The molecule has 2 aromatic carbocycles. The second kappa shape index (κ2) is 14.7. The molecule has 0 aromatic heterocycles. The van der Waals surface area contributed by atoms with Crippen molar-refractivity contribution in [3.63, 3.8) is 0 Å². The van der Waals surface area contributed by atoms with E-state index in [1.165, 1.54) is 18.9 Å². The van der Waals surface area contributed by atoms with Crippen LogP contribution in [0, 0.1) is 12.3 Å². The Morgan fingerprint density at radius 3 is 2.31 bits per heavy atom. The SMILES string of the molecule is CN=C(Cl)C(C(=O)NC(Cc1ccccc1)[C@H](O)C(=O)N(CS)[C@H](C(=O)NCc1ccccc1C)C1(C)CC1)=C(C)N. The molecule has 3 amide bonds. The van der Waals surface area contributed by atoms with Crippen LogP contribution in [-0.2, 0) is 27.3 Å². The Balaban J connectivity index is 1.89. The van der Waals surface area contributed by atoms with E-state index in [2.05, 4.69) is 28.3 Å². The molecule has 226 valence electrons. The molecular weight excluding hydrogens is 574 g/mol. The maximum atomic E-state index is 13.9. The number of aliphatic imine (C=N–C) groups is 1. The van der Waals surface area contributed by atoms with Gasteiger partial charge in [0.2, 0.25) is 5.91 Å². The lowest BCUT2D eigenvalue weighted by Crippen LogP contribution is -2.59. The zero-order chi connectivity index (χ0) is 31.0. The zero-order valence-corrected chi connectivity index (χ0v) is 26.1. The third-order valence-electron chi connectivity index (χ3n) is 7.68. The van der Waals surface area contributed by atoms with Crippen LogP contribution in [0.15, 0.2) is 70.9 Å². The first-order chi connectivity index (χ1) is 19.9. The molecule has 1 aliphatic rings. The van der Waals surface area contributed by atoms with Gasteiger partial charge in [0.15, 0.2) is 6.10 Å². The number of nitrogens with two attached hydrogens (primary N) is 1. The molecule has 3 rings (SSSR count). The van der Waals surface area contributed by atoms with Crippen molar-refractivity contribution < 1.29 is 19.5 Å². The summed E-state index contributed by atoms with van der Waals surface area (Å²) in [7, 11) is 1.42. The van der Waals surface area contributed by atoms with Crippen LogP contribution >= 0.6 is 24.2 Å². The fraction of sp³-hybridized carbons (Fsp3) is 0.419. The Hall–Kier alpha value is -3.34. The van der Waals surface area contributed by atoms with Gasteiger partial charge in [0.05, 0.1) is 17.5 Å². The summed E-state index contributed by atoms with van der Waals surface area (Å²) in [5.74, 6) is -1.84. The molecule has 9 nitrogen and oxygen atoms in total. The molecule has 1 aliphatic carbocycles. The summed E-state index contributed by atoms with van der Waals surface area (Å²) >= 11 is 10.6. The lowest BCUT2D eigenvalue weighted by atomic mass is 9.94. The zero-order valence-electron chi connectivity index (χ0n) is 24.4. The molecule has 0 aliphatic heterocycles. The van der Waals surface area contributed by atoms with Crippen molar-refractivity contribution in [3.05, 3.63) is 82.6 Å². The highest BCUT2D eigenvalue weighted by Gasteiger charge is 2.53. The van der Waals surface area contributed by atoms with Gasteiger partial charge in [-0.3, -0.25) is 19.4 Å². The molecular formula is C31H40ClN5O4S. The second-order valence-corrected chi connectivity index (χ2v) is 11.6. The maximum Gasteiger partial charge on any atom is 0.256 e. The lowest BCUT2D eigenvalue weighted by molar-refractivity contribution is -0.149. The van der Waals surface area contributed by atoms with E-state index in [1.54, 1.807) is 0 Å². The number of allylic oxidation sites excluding steroid dienone is 1. The molecule has 1 fully saturated rings. The minimum absolute atomic E-state index is 0.0538. The van der Waals surface area contributed by atoms with Crippen LogP contribution in [0.3, 0.4) is 0 Å². The smallest absolute Gasteiger partial charge is 0.256 e. The molecule has 2 aromatic rings. The third-order valence-corrected chi connectivity index (χ3v) is 8.34. The molecule has 3 atom stereocenters. The molecule has 0 spiro atoms. The summed E-state index contributed by atoms with van der Waals surface area (Å²) in [6.45, 7) is 5.72. The predicted molar refractivity (Wildman–Crippen MR) is 169 cm³/mol. The van der Waals surface area contributed by atoms with Crippen molar-refractivity contribution in [2.45, 2.75) is 64.8 Å². The third kappa shape index (κ3) is 8.14. The number of aryl methyl sites for hydroxylation is 1. The minimum atomic E-state index is -1.70. The van der Waals surface area contributed by atoms with E-state index in [1.807, 2.05) is 68.4 Å². The van der Waals surface area contributed by atoms with Gasteiger partial charge in [-0.15, -0.1) is 0 Å². The Morgan fingerprint density at radius 2 is 1.76 bits per heavy atom. The Bertz CT molecular complexity index is 1340. The quantitative estimate of drug-likeness (QED) is 0.102. The van der Waals surface area contributed by atoms with Gasteiger partial charge in [-0.1, -0.05) is 73.1 Å². The first kappa shape index (κ1) is 33.2. The highest BCUT2D eigenvalue weighted by Crippen LogP contribution is 2.50. The topological polar surface area (TPSA) is 137 Å². The number of hydrogen-bond donors (Lipinski definition) is 5. The number of aliphatic hydroxyl groups excluding tert-OH is 1. The fourth-order valence-electron chi connectivity index (χ4n) is 4.91. The summed E-state index contributed by atoms with van der Waals surface area (Å²) in [5.41, 5.74) is 8.31. The number of nitrogens with zero attached hydrogens (tertiary/aromatic N) is 2. The van der Waals surface area contributed by atoms with Gasteiger partial charge in [0.25, 0.3) is 11.8 Å². The van der Waals surface area contributed by atoms with Gasteiger partial charge in [0, 0.05) is 19.3 Å². The molecule has 0 radical (unpaired) electrons. The average molecular weight is 614 g/mol. The number of hydrogen-bond acceptors (Lipinski definition) is 7. The minimum Gasteiger partial charge on any atom is -0.402 e. The Labute approximate surface area is 258 Å². The van der Waals surface area contributed by atoms with E-state index >= 15 is 0 Å². The number of aliphatic hydroxyl groups is 1. The summed E-state index contributed by atoms with van der Waals surface area (Å²) in [6.07, 6.45) is -0.0935. The Kier molecular flexibility index (Phi) is 11.6. The van der Waals surface area contributed by atoms with Gasteiger partial charge in [-0.2, -0.15) is 12.6 Å². The van der Waals surface area contributed by atoms with E-state index in [-0.39, 0.29) is 34.6 Å². The van der Waals surface area contributed by atoms with E-state index in [4.69, 9.17) is 17.3 Å². The van der Waals surface area contributed by atoms with Crippen molar-refractivity contribution >= 4 is 47.1 Å². The van der Waals surface area contributed by atoms with Crippen LogP contribution in [0.5, 0.6) is 0 Å².